The molecule has 0 aliphatic carbocycles. The van der Waals surface area contributed by atoms with Gasteiger partial charge in [0.2, 0.25) is 10.0 Å². The van der Waals surface area contributed by atoms with Crippen LogP contribution in [-0.2, 0) is 14.8 Å². The number of nitrogens with two attached hydrogens (primary N) is 1. The highest BCUT2D eigenvalue weighted by Crippen LogP contribution is 2.36. The van der Waals surface area contributed by atoms with Gasteiger partial charge in [-0.3, -0.25) is 4.90 Å². The Balaban J connectivity index is 1.39. The first-order chi connectivity index (χ1) is 14.1. The number of sulfonamides is 1. The third-order valence-corrected chi connectivity index (χ3v) is 8.75. The van der Waals surface area contributed by atoms with E-state index in [1.807, 2.05) is 0 Å². The Kier molecular flexibility index (Phi) is 5.78. The van der Waals surface area contributed by atoms with Crippen molar-refractivity contribution in [1.82, 2.24) is 9.21 Å². The third kappa shape index (κ3) is 3.71. The summed E-state index contributed by atoms with van der Waals surface area (Å²) in [5, 5.41) is -0.429. The molecule has 3 aliphatic rings. The summed E-state index contributed by atoms with van der Waals surface area (Å²) in [5.74, 6) is -0.966. The van der Waals surface area contributed by atoms with Gasteiger partial charge in [-0.25, -0.2) is 17.2 Å². The molecule has 3 atom stereocenters. The van der Waals surface area contributed by atoms with Gasteiger partial charge in [-0.05, 0) is 56.0 Å². The third-order valence-electron chi connectivity index (χ3n) is 6.58. The number of ether oxygens (including phenoxy) is 1. The number of halogens is 2. The summed E-state index contributed by atoms with van der Waals surface area (Å²) >= 11 is 0. The van der Waals surface area contributed by atoms with E-state index in [0.29, 0.717) is 39.2 Å². The van der Waals surface area contributed by atoms with E-state index in [1.54, 1.807) is 25.1 Å². The van der Waals surface area contributed by atoms with Crippen LogP contribution in [0.15, 0.2) is 23.3 Å². The number of benzene rings is 1. The smallest absolute Gasteiger partial charge is 0.217 e. The standard InChI is InChI=1S/C21H29F2N3O3S/c1-12(2)30(27,28)26-9-14-7-25(8-15(14)10-26)16-6-19(24)21(29-11-16)20-13(3)17(22)4-5-18(20)23/h4-5,12,16,19,21H,6-11,24H2,1-3H3. The summed E-state index contributed by atoms with van der Waals surface area (Å²) in [6.07, 6.45) is -0.0692. The molecule has 0 aromatic heterocycles. The van der Waals surface area contributed by atoms with Gasteiger partial charge in [0.25, 0.3) is 0 Å². The fraction of sp³-hybridized carbons (Fsp3) is 0.619. The predicted molar refractivity (Wildman–Crippen MR) is 110 cm³/mol. The first kappa shape index (κ1) is 21.8. The van der Waals surface area contributed by atoms with Crippen LogP contribution >= 0.6 is 0 Å². The Morgan fingerprint density at radius 1 is 1.10 bits per heavy atom. The van der Waals surface area contributed by atoms with Crippen molar-refractivity contribution in [2.45, 2.75) is 50.6 Å². The number of hydrogen-bond donors (Lipinski definition) is 1. The molecule has 1 aromatic rings. The lowest BCUT2D eigenvalue weighted by Gasteiger charge is -2.39. The van der Waals surface area contributed by atoms with E-state index in [9.17, 15) is 17.2 Å². The van der Waals surface area contributed by atoms with E-state index in [2.05, 4.69) is 4.90 Å². The van der Waals surface area contributed by atoms with Crippen molar-refractivity contribution < 1.29 is 21.9 Å². The minimum atomic E-state index is -3.26. The Hall–Kier alpha value is -1.39. The molecule has 0 saturated carbocycles. The molecular formula is C21H29F2N3O3S. The molecule has 3 unspecified atom stereocenters. The van der Waals surface area contributed by atoms with E-state index in [-0.39, 0.29) is 17.2 Å². The maximum absolute atomic E-state index is 14.4. The van der Waals surface area contributed by atoms with E-state index < -0.39 is 39.1 Å². The van der Waals surface area contributed by atoms with Crippen LogP contribution < -0.4 is 5.73 Å². The van der Waals surface area contributed by atoms with Crippen molar-refractivity contribution in [1.29, 1.82) is 0 Å². The van der Waals surface area contributed by atoms with Gasteiger partial charge < -0.3 is 10.5 Å². The molecule has 2 N–H and O–H groups in total. The lowest BCUT2D eigenvalue weighted by molar-refractivity contribution is -0.0470. The zero-order chi connectivity index (χ0) is 21.8. The second kappa shape index (κ2) is 7.94. The van der Waals surface area contributed by atoms with E-state index >= 15 is 0 Å². The lowest BCUT2D eigenvalue weighted by Crippen LogP contribution is -2.50. The van der Waals surface area contributed by atoms with Crippen molar-refractivity contribution in [2.75, 3.05) is 32.8 Å². The van der Waals surface area contributed by atoms with Crippen molar-refractivity contribution in [3.8, 4) is 0 Å². The molecule has 0 amide bonds. The molecule has 1 saturated heterocycles. The van der Waals surface area contributed by atoms with Crippen LogP contribution in [-0.4, -0.2) is 67.7 Å². The SMILES string of the molecule is Cc1c(F)ccc(F)c1C1OCC(N2CC3=C(C2)CN(S(=O)(=O)C(C)C)C3)CC1N. The number of nitrogens with zero attached hydrogens (tertiary/aromatic N) is 2. The van der Waals surface area contributed by atoms with Gasteiger partial charge in [-0.2, -0.15) is 4.31 Å². The highest BCUT2D eigenvalue weighted by molar-refractivity contribution is 7.89. The zero-order valence-electron chi connectivity index (χ0n) is 17.6. The van der Waals surface area contributed by atoms with Gasteiger partial charge in [0.1, 0.15) is 17.7 Å². The fourth-order valence-corrected chi connectivity index (χ4v) is 5.99. The fourth-order valence-electron chi connectivity index (χ4n) is 4.73. The van der Waals surface area contributed by atoms with Crippen LogP contribution in [0.2, 0.25) is 0 Å². The van der Waals surface area contributed by atoms with E-state index in [0.717, 1.165) is 23.3 Å². The zero-order valence-corrected chi connectivity index (χ0v) is 18.4. The summed E-state index contributed by atoms with van der Waals surface area (Å²) in [6.45, 7) is 7.60. The van der Waals surface area contributed by atoms with Crippen LogP contribution in [0, 0.1) is 18.6 Å². The van der Waals surface area contributed by atoms with Crippen molar-refractivity contribution in [3.63, 3.8) is 0 Å². The van der Waals surface area contributed by atoms with Crippen molar-refractivity contribution in [3.05, 3.63) is 46.0 Å². The normalized spacial score (nSPS) is 28.6. The van der Waals surface area contributed by atoms with Crippen LogP contribution in [0.1, 0.15) is 37.5 Å². The van der Waals surface area contributed by atoms with Gasteiger partial charge in [0, 0.05) is 43.8 Å². The molecule has 166 valence electrons. The molecule has 0 radical (unpaired) electrons. The minimum absolute atomic E-state index is 0.0638. The molecule has 9 heteroatoms. The maximum atomic E-state index is 14.4. The molecule has 3 aliphatic heterocycles. The number of hydrogen-bond acceptors (Lipinski definition) is 5. The molecular weight excluding hydrogens is 412 g/mol. The van der Waals surface area contributed by atoms with Crippen LogP contribution in [0.5, 0.6) is 0 Å². The monoisotopic (exact) mass is 441 g/mol. The molecule has 4 rings (SSSR count). The largest absolute Gasteiger partial charge is 0.370 e. The average Bonchev–Trinajstić information content (AvgIpc) is 3.26. The molecule has 1 fully saturated rings. The van der Waals surface area contributed by atoms with E-state index in [1.165, 1.54) is 0 Å². The molecule has 0 bridgehead atoms. The number of rotatable bonds is 4. The van der Waals surface area contributed by atoms with Gasteiger partial charge in [-0.15, -0.1) is 0 Å². The quantitative estimate of drug-likeness (QED) is 0.725. The molecule has 3 heterocycles. The predicted octanol–water partition coefficient (Wildman–Crippen LogP) is 2.10. The second-order valence-corrected chi connectivity index (χ2v) is 11.3. The van der Waals surface area contributed by atoms with Gasteiger partial charge in [-0.1, -0.05) is 0 Å². The maximum Gasteiger partial charge on any atom is 0.217 e. The Bertz CT molecular complexity index is 962. The first-order valence-electron chi connectivity index (χ1n) is 10.3. The molecule has 30 heavy (non-hydrogen) atoms. The topological polar surface area (TPSA) is 75.9 Å². The Morgan fingerprint density at radius 2 is 1.70 bits per heavy atom. The van der Waals surface area contributed by atoms with Gasteiger partial charge >= 0.3 is 0 Å². The Labute approximate surface area is 176 Å². The average molecular weight is 442 g/mol. The second-order valence-electron chi connectivity index (χ2n) is 8.85. The lowest BCUT2D eigenvalue weighted by atomic mass is 9.91. The van der Waals surface area contributed by atoms with Crippen LogP contribution in [0.3, 0.4) is 0 Å². The highest BCUT2D eigenvalue weighted by atomic mass is 32.2. The van der Waals surface area contributed by atoms with E-state index in [4.69, 9.17) is 10.5 Å². The summed E-state index contributed by atoms with van der Waals surface area (Å²) in [6, 6.07) is 1.85. The van der Waals surface area contributed by atoms with Crippen LogP contribution in [0.25, 0.3) is 0 Å². The summed E-state index contributed by atoms with van der Waals surface area (Å²) < 4.78 is 60.7. The summed E-state index contributed by atoms with van der Waals surface area (Å²) in [4.78, 5) is 2.26. The first-order valence-corrected chi connectivity index (χ1v) is 11.8. The van der Waals surface area contributed by atoms with Gasteiger partial charge in [0.05, 0.1) is 11.9 Å². The molecule has 1 aromatic carbocycles. The molecule has 0 spiro atoms. The highest BCUT2D eigenvalue weighted by Gasteiger charge is 2.41. The molecule has 6 nitrogen and oxygen atoms in total. The van der Waals surface area contributed by atoms with Gasteiger partial charge in [0.15, 0.2) is 0 Å². The van der Waals surface area contributed by atoms with Crippen molar-refractivity contribution in [2.24, 2.45) is 5.73 Å². The van der Waals surface area contributed by atoms with Crippen LogP contribution in [0.4, 0.5) is 8.78 Å². The Morgan fingerprint density at radius 3 is 2.27 bits per heavy atom. The summed E-state index contributed by atoms with van der Waals surface area (Å²) in [7, 11) is -3.26. The summed E-state index contributed by atoms with van der Waals surface area (Å²) in [5.41, 5.74) is 9.10. The van der Waals surface area contributed by atoms with Crippen molar-refractivity contribution >= 4 is 10.0 Å². The minimum Gasteiger partial charge on any atom is -0.370 e.